The second-order valence-electron chi connectivity index (χ2n) is 5.23. The summed E-state index contributed by atoms with van der Waals surface area (Å²) in [5.41, 5.74) is 9.32. The van der Waals surface area contributed by atoms with Crippen molar-refractivity contribution in [3.63, 3.8) is 0 Å². The quantitative estimate of drug-likeness (QED) is 0.872. The van der Waals surface area contributed by atoms with Crippen LogP contribution in [0.3, 0.4) is 0 Å². The third-order valence-electron chi connectivity index (χ3n) is 3.67. The molecule has 3 rings (SSSR count). The molecule has 4 heteroatoms. The first-order valence-electron chi connectivity index (χ1n) is 6.67. The summed E-state index contributed by atoms with van der Waals surface area (Å²) < 4.78 is 3.04. The van der Waals surface area contributed by atoms with Gasteiger partial charge in [-0.15, -0.1) is 6.42 Å². The van der Waals surface area contributed by atoms with Crippen LogP contribution in [0.2, 0.25) is 0 Å². The lowest BCUT2D eigenvalue weighted by Crippen LogP contribution is -2.05. The highest BCUT2D eigenvalue weighted by Gasteiger charge is 2.30. The Kier molecular flexibility index (Phi) is 3.31. The molecule has 0 radical (unpaired) electrons. The minimum absolute atomic E-state index is 0.484. The fraction of sp³-hybridized carbons (Fsp3) is 0.312. The van der Waals surface area contributed by atoms with Gasteiger partial charge in [-0.05, 0) is 31.4 Å². The molecule has 1 aliphatic carbocycles. The lowest BCUT2D eigenvalue weighted by atomic mass is 10.1. The smallest absolute Gasteiger partial charge is 0.132 e. The fourth-order valence-electron chi connectivity index (χ4n) is 2.35. The molecule has 0 aliphatic heterocycles. The molecule has 0 spiro atoms. The summed E-state index contributed by atoms with van der Waals surface area (Å²) in [6.07, 6.45) is 7.81. The van der Waals surface area contributed by atoms with E-state index < -0.39 is 0 Å². The average molecular weight is 330 g/mol. The van der Waals surface area contributed by atoms with E-state index in [1.807, 2.05) is 4.57 Å². The van der Waals surface area contributed by atoms with Crippen LogP contribution in [-0.4, -0.2) is 9.55 Å². The van der Waals surface area contributed by atoms with Gasteiger partial charge >= 0.3 is 0 Å². The Balaban J connectivity index is 2.11. The van der Waals surface area contributed by atoms with Crippen molar-refractivity contribution in [3.8, 4) is 23.6 Å². The van der Waals surface area contributed by atoms with Gasteiger partial charge in [0.05, 0.1) is 6.54 Å². The van der Waals surface area contributed by atoms with E-state index in [0.29, 0.717) is 18.3 Å². The van der Waals surface area contributed by atoms with Gasteiger partial charge in [-0.2, -0.15) is 0 Å². The molecule has 2 aromatic rings. The first-order valence-corrected chi connectivity index (χ1v) is 7.47. The molecule has 0 saturated heterocycles. The maximum Gasteiger partial charge on any atom is 0.132 e. The third-order valence-corrected chi connectivity index (χ3v) is 4.53. The van der Waals surface area contributed by atoms with Crippen LogP contribution in [0.4, 0.5) is 5.82 Å². The fourth-order valence-corrected chi connectivity index (χ4v) is 2.73. The van der Waals surface area contributed by atoms with Crippen molar-refractivity contribution in [2.45, 2.75) is 32.2 Å². The van der Waals surface area contributed by atoms with E-state index in [0.717, 1.165) is 21.6 Å². The standard InChI is InChI=1S/C16H16BrN3/c1-3-8-20-15(18)14(19-16(20)11-6-7-11)12-5-4-10(2)13(17)9-12/h1,4-5,9,11H,6-8,18H2,2H3. The molecule has 2 N–H and O–H groups in total. The SMILES string of the molecule is C#CCn1c(C2CC2)nc(-c2ccc(C)c(Br)c2)c1N. The van der Waals surface area contributed by atoms with Crippen LogP contribution in [0, 0.1) is 19.3 Å². The minimum Gasteiger partial charge on any atom is -0.383 e. The summed E-state index contributed by atoms with van der Waals surface area (Å²) in [4.78, 5) is 4.75. The normalized spacial score (nSPS) is 14.2. The molecule has 1 aromatic carbocycles. The van der Waals surface area contributed by atoms with Crippen LogP contribution >= 0.6 is 15.9 Å². The van der Waals surface area contributed by atoms with Crippen LogP contribution in [-0.2, 0) is 6.54 Å². The number of nitrogens with two attached hydrogens (primary N) is 1. The molecular weight excluding hydrogens is 314 g/mol. The van der Waals surface area contributed by atoms with Crippen LogP contribution in [0.1, 0.15) is 30.1 Å². The number of aryl methyl sites for hydroxylation is 1. The second-order valence-corrected chi connectivity index (χ2v) is 6.09. The topological polar surface area (TPSA) is 43.8 Å². The van der Waals surface area contributed by atoms with Crippen molar-refractivity contribution in [2.75, 3.05) is 5.73 Å². The molecule has 0 bridgehead atoms. The molecule has 1 aliphatic rings. The zero-order valence-corrected chi connectivity index (χ0v) is 12.9. The first-order chi connectivity index (χ1) is 9.61. The van der Waals surface area contributed by atoms with Crippen molar-refractivity contribution < 1.29 is 0 Å². The summed E-state index contributed by atoms with van der Waals surface area (Å²) in [6, 6.07) is 6.18. The van der Waals surface area contributed by atoms with Crippen molar-refractivity contribution >= 4 is 21.7 Å². The predicted molar refractivity (Wildman–Crippen MR) is 85.3 cm³/mol. The Morgan fingerprint density at radius 3 is 2.85 bits per heavy atom. The van der Waals surface area contributed by atoms with Crippen molar-refractivity contribution in [1.82, 2.24) is 9.55 Å². The highest BCUT2D eigenvalue weighted by molar-refractivity contribution is 9.10. The summed E-state index contributed by atoms with van der Waals surface area (Å²) in [7, 11) is 0. The minimum atomic E-state index is 0.484. The molecule has 102 valence electrons. The lowest BCUT2D eigenvalue weighted by Gasteiger charge is -2.05. The van der Waals surface area contributed by atoms with E-state index in [2.05, 4.69) is 47.0 Å². The molecule has 1 heterocycles. The number of nitrogen functional groups attached to an aromatic ring is 1. The molecule has 1 aromatic heterocycles. The van der Waals surface area contributed by atoms with Crippen molar-refractivity contribution in [1.29, 1.82) is 0 Å². The maximum atomic E-state index is 6.27. The maximum absolute atomic E-state index is 6.27. The zero-order valence-electron chi connectivity index (χ0n) is 11.4. The van der Waals surface area contributed by atoms with Gasteiger partial charge in [-0.1, -0.05) is 34.0 Å². The van der Waals surface area contributed by atoms with Gasteiger partial charge in [-0.3, -0.25) is 0 Å². The van der Waals surface area contributed by atoms with Gasteiger partial charge in [0.15, 0.2) is 0 Å². The van der Waals surface area contributed by atoms with Gasteiger partial charge in [0.2, 0.25) is 0 Å². The Bertz CT molecular complexity index is 705. The molecule has 0 amide bonds. The van der Waals surface area contributed by atoms with Crippen LogP contribution in [0.5, 0.6) is 0 Å². The number of benzene rings is 1. The number of hydrogen-bond donors (Lipinski definition) is 1. The molecule has 20 heavy (non-hydrogen) atoms. The van der Waals surface area contributed by atoms with Gasteiger partial charge in [0.1, 0.15) is 17.3 Å². The van der Waals surface area contributed by atoms with Crippen LogP contribution in [0.25, 0.3) is 11.3 Å². The summed E-state index contributed by atoms with van der Waals surface area (Å²) in [6.45, 7) is 2.54. The molecule has 1 fully saturated rings. The Hall–Kier alpha value is -1.73. The Morgan fingerprint density at radius 1 is 1.50 bits per heavy atom. The van der Waals surface area contributed by atoms with Gasteiger partial charge < -0.3 is 10.3 Å². The number of nitrogens with zero attached hydrogens (tertiary/aromatic N) is 2. The number of terminal acetylenes is 1. The summed E-state index contributed by atoms with van der Waals surface area (Å²) in [5, 5.41) is 0. The highest BCUT2D eigenvalue weighted by atomic mass is 79.9. The predicted octanol–water partition coefficient (Wildman–Crippen LogP) is 3.71. The Morgan fingerprint density at radius 2 is 2.25 bits per heavy atom. The van der Waals surface area contributed by atoms with Gasteiger partial charge in [-0.25, -0.2) is 4.98 Å². The number of rotatable bonds is 3. The van der Waals surface area contributed by atoms with E-state index in [4.69, 9.17) is 17.1 Å². The number of anilines is 1. The van der Waals surface area contributed by atoms with E-state index in [-0.39, 0.29) is 0 Å². The summed E-state index contributed by atoms with van der Waals surface area (Å²) >= 11 is 3.56. The zero-order chi connectivity index (χ0) is 14.3. The molecule has 0 unspecified atom stereocenters. The third kappa shape index (κ3) is 2.23. The van der Waals surface area contributed by atoms with Crippen molar-refractivity contribution in [3.05, 3.63) is 34.1 Å². The average Bonchev–Trinajstić information content (AvgIpc) is 3.21. The monoisotopic (exact) mass is 329 g/mol. The lowest BCUT2D eigenvalue weighted by molar-refractivity contribution is 0.762. The van der Waals surface area contributed by atoms with E-state index >= 15 is 0 Å². The molecular formula is C16H16BrN3. The van der Waals surface area contributed by atoms with E-state index in [1.165, 1.54) is 18.4 Å². The number of hydrogen-bond acceptors (Lipinski definition) is 2. The molecule has 1 saturated carbocycles. The van der Waals surface area contributed by atoms with Gasteiger partial charge in [0, 0.05) is 16.0 Å². The highest BCUT2D eigenvalue weighted by Crippen LogP contribution is 2.42. The number of halogens is 1. The molecule has 0 atom stereocenters. The number of aromatic nitrogens is 2. The Labute approximate surface area is 127 Å². The largest absolute Gasteiger partial charge is 0.383 e. The number of imidazole rings is 1. The van der Waals surface area contributed by atoms with E-state index in [9.17, 15) is 0 Å². The van der Waals surface area contributed by atoms with Crippen LogP contribution < -0.4 is 5.73 Å². The first kappa shape index (κ1) is 13.3. The van der Waals surface area contributed by atoms with Crippen LogP contribution in [0.15, 0.2) is 22.7 Å². The van der Waals surface area contributed by atoms with Gasteiger partial charge in [0.25, 0.3) is 0 Å². The summed E-state index contributed by atoms with van der Waals surface area (Å²) in [5.74, 6) is 4.89. The van der Waals surface area contributed by atoms with E-state index in [1.54, 1.807) is 0 Å². The molecule has 3 nitrogen and oxygen atoms in total. The second kappa shape index (κ2) is 4.99. The van der Waals surface area contributed by atoms with Crippen molar-refractivity contribution in [2.24, 2.45) is 0 Å².